The lowest BCUT2D eigenvalue weighted by molar-refractivity contribution is 0.723. The van der Waals surface area contributed by atoms with Gasteiger partial charge in [0.05, 0.1) is 12.3 Å². The van der Waals surface area contributed by atoms with Gasteiger partial charge in [-0.15, -0.1) is 5.10 Å². The van der Waals surface area contributed by atoms with Gasteiger partial charge in [0.2, 0.25) is 5.95 Å². The van der Waals surface area contributed by atoms with Crippen LogP contribution in [-0.2, 0) is 7.05 Å². The maximum atomic E-state index is 11.7. The SMILES string of the molecule is Cn1nc(N2CC(c3ccccc3)C(c3ccc(Cl)cc3)=N2)[nH]c1=O. The fourth-order valence-electron chi connectivity index (χ4n) is 2.97. The quantitative estimate of drug-likeness (QED) is 0.787. The van der Waals surface area contributed by atoms with Gasteiger partial charge in [0.15, 0.2) is 0 Å². The Labute approximate surface area is 149 Å². The van der Waals surface area contributed by atoms with Crippen molar-refractivity contribution in [2.45, 2.75) is 5.92 Å². The van der Waals surface area contributed by atoms with Gasteiger partial charge in [-0.25, -0.2) is 14.5 Å². The lowest BCUT2D eigenvalue weighted by Gasteiger charge is -2.14. The van der Waals surface area contributed by atoms with E-state index in [9.17, 15) is 4.79 Å². The van der Waals surface area contributed by atoms with Gasteiger partial charge in [-0.2, -0.15) is 5.10 Å². The summed E-state index contributed by atoms with van der Waals surface area (Å²) in [7, 11) is 1.61. The van der Waals surface area contributed by atoms with Crippen LogP contribution in [0.5, 0.6) is 0 Å². The van der Waals surface area contributed by atoms with E-state index < -0.39 is 0 Å². The maximum Gasteiger partial charge on any atom is 0.344 e. The first-order chi connectivity index (χ1) is 12.1. The molecule has 2 heterocycles. The Morgan fingerprint density at radius 2 is 1.84 bits per heavy atom. The first-order valence-corrected chi connectivity index (χ1v) is 8.30. The molecule has 0 radical (unpaired) electrons. The van der Waals surface area contributed by atoms with E-state index in [4.69, 9.17) is 16.7 Å². The van der Waals surface area contributed by atoms with Crippen LogP contribution in [0.4, 0.5) is 5.95 Å². The molecule has 0 fully saturated rings. The Hall–Kier alpha value is -2.86. The first kappa shape index (κ1) is 15.7. The molecule has 3 aromatic rings. The summed E-state index contributed by atoms with van der Waals surface area (Å²) in [4.78, 5) is 14.4. The van der Waals surface area contributed by atoms with E-state index in [1.165, 1.54) is 4.68 Å². The van der Waals surface area contributed by atoms with Crippen molar-refractivity contribution >= 4 is 23.3 Å². The Balaban J connectivity index is 1.77. The second kappa shape index (κ2) is 6.22. The van der Waals surface area contributed by atoms with Crippen LogP contribution in [0, 0.1) is 0 Å². The van der Waals surface area contributed by atoms with Crippen molar-refractivity contribution in [3.05, 3.63) is 81.2 Å². The van der Waals surface area contributed by atoms with Crippen molar-refractivity contribution in [3.8, 4) is 0 Å². The molecule has 1 aliphatic heterocycles. The van der Waals surface area contributed by atoms with Crippen molar-refractivity contribution in [2.24, 2.45) is 12.1 Å². The Kier molecular flexibility index (Phi) is 3.89. The summed E-state index contributed by atoms with van der Waals surface area (Å²) < 4.78 is 1.27. The summed E-state index contributed by atoms with van der Waals surface area (Å²) in [5.41, 5.74) is 2.83. The molecule has 1 unspecified atom stereocenters. The Morgan fingerprint density at radius 1 is 1.12 bits per heavy atom. The van der Waals surface area contributed by atoms with Crippen molar-refractivity contribution in [2.75, 3.05) is 11.6 Å². The number of halogens is 1. The average molecular weight is 354 g/mol. The van der Waals surface area contributed by atoms with Crippen LogP contribution in [0.3, 0.4) is 0 Å². The fourth-order valence-corrected chi connectivity index (χ4v) is 3.09. The van der Waals surface area contributed by atoms with Crippen LogP contribution in [0.2, 0.25) is 5.02 Å². The summed E-state index contributed by atoms with van der Waals surface area (Å²) in [6, 6.07) is 17.8. The first-order valence-electron chi connectivity index (χ1n) is 7.92. The molecule has 25 heavy (non-hydrogen) atoms. The normalized spacial score (nSPS) is 17.0. The van der Waals surface area contributed by atoms with E-state index in [1.54, 1.807) is 12.1 Å². The van der Waals surface area contributed by atoms with Crippen LogP contribution >= 0.6 is 11.6 Å². The number of nitrogens with zero attached hydrogens (tertiary/aromatic N) is 4. The molecule has 6 nitrogen and oxygen atoms in total. The average Bonchev–Trinajstić information content (AvgIpc) is 3.21. The number of aromatic amines is 1. The lowest BCUT2D eigenvalue weighted by atomic mass is 9.91. The second-order valence-corrected chi connectivity index (χ2v) is 6.35. The van der Waals surface area contributed by atoms with Crippen molar-refractivity contribution in [1.82, 2.24) is 14.8 Å². The van der Waals surface area contributed by atoms with Crippen LogP contribution in [0.25, 0.3) is 0 Å². The van der Waals surface area contributed by atoms with Gasteiger partial charge in [0.1, 0.15) is 0 Å². The highest BCUT2D eigenvalue weighted by atomic mass is 35.5. The third-order valence-electron chi connectivity index (χ3n) is 4.26. The molecule has 2 aromatic carbocycles. The zero-order valence-corrected chi connectivity index (χ0v) is 14.3. The van der Waals surface area contributed by atoms with E-state index in [-0.39, 0.29) is 11.6 Å². The van der Waals surface area contributed by atoms with Gasteiger partial charge < -0.3 is 0 Å². The highest BCUT2D eigenvalue weighted by Crippen LogP contribution is 2.30. The topological polar surface area (TPSA) is 66.3 Å². The van der Waals surface area contributed by atoms with Crippen molar-refractivity contribution in [1.29, 1.82) is 0 Å². The van der Waals surface area contributed by atoms with E-state index in [0.29, 0.717) is 17.5 Å². The summed E-state index contributed by atoms with van der Waals surface area (Å²) in [5.74, 6) is 0.519. The Morgan fingerprint density at radius 3 is 2.48 bits per heavy atom. The molecule has 1 aromatic heterocycles. The van der Waals surface area contributed by atoms with E-state index >= 15 is 0 Å². The number of aromatic nitrogens is 3. The van der Waals surface area contributed by atoms with Gasteiger partial charge in [-0.1, -0.05) is 54.1 Å². The number of H-pyrrole nitrogens is 1. The monoisotopic (exact) mass is 353 g/mol. The lowest BCUT2D eigenvalue weighted by Crippen LogP contribution is -2.19. The number of hydrogen-bond acceptors (Lipinski definition) is 4. The maximum absolute atomic E-state index is 11.7. The standard InChI is InChI=1S/C18H16ClN5O/c1-23-18(25)20-17(22-23)24-11-15(12-5-3-2-4-6-12)16(21-24)13-7-9-14(19)10-8-13/h2-10,15H,11H2,1H3,(H,20,22,25). The molecule has 0 saturated carbocycles. The minimum absolute atomic E-state index is 0.0767. The highest BCUT2D eigenvalue weighted by molar-refractivity contribution is 6.30. The van der Waals surface area contributed by atoms with E-state index in [0.717, 1.165) is 16.8 Å². The minimum Gasteiger partial charge on any atom is -0.274 e. The largest absolute Gasteiger partial charge is 0.344 e. The number of hydrazone groups is 1. The second-order valence-electron chi connectivity index (χ2n) is 5.91. The van der Waals surface area contributed by atoms with Gasteiger partial charge in [-0.3, -0.25) is 4.98 Å². The molecule has 0 aliphatic carbocycles. The Bertz CT molecular complexity index is 975. The highest BCUT2D eigenvalue weighted by Gasteiger charge is 2.31. The predicted octanol–water partition coefficient (Wildman–Crippen LogP) is 2.77. The number of hydrogen-bond donors (Lipinski definition) is 1. The molecular weight excluding hydrogens is 338 g/mol. The molecule has 126 valence electrons. The van der Waals surface area contributed by atoms with Crippen LogP contribution in [-0.4, -0.2) is 27.0 Å². The molecule has 1 aliphatic rings. The number of rotatable bonds is 3. The third-order valence-corrected chi connectivity index (χ3v) is 4.51. The molecule has 0 bridgehead atoms. The number of nitrogens with one attached hydrogen (secondary N) is 1. The summed E-state index contributed by atoms with van der Waals surface area (Å²) in [6.07, 6.45) is 0. The third kappa shape index (κ3) is 2.96. The van der Waals surface area contributed by atoms with Gasteiger partial charge in [0.25, 0.3) is 0 Å². The molecule has 0 spiro atoms. The summed E-state index contributed by atoms with van der Waals surface area (Å²) in [6.45, 7) is 0.606. The molecule has 4 rings (SSSR count). The van der Waals surface area contributed by atoms with Crippen LogP contribution in [0.1, 0.15) is 17.0 Å². The van der Waals surface area contributed by atoms with E-state index in [2.05, 4.69) is 22.2 Å². The van der Waals surface area contributed by atoms with Gasteiger partial charge >= 0.3 is 5.69 Å². The number of benzene rings is 2. The fraction of sp³-hybridized carbons (Fsp3) is 0.167. The molecule has 7 heteroatoms. The summed E-state index contributed by atoms with van der Waals surface area (Å²) in [5, 5.41) is 11.4. The summed E-state index contributed by atoms with van der Waals surface area (Å²) >= 11 is 6.01. The predicted molar refractivity (Wildman–Crippen MR) is 98.3 cm³/mol. The molecule has 1 N–H and O–H groups in total. The minimum atomic E-state index is -0.263. The molecular formula is C18H16ClN5O. The number of aryl methyl sites for hydroxylation is 1. The van der Waals surface area contributed by atoms with Gasteiger partial charge in [0, 0.05) is 18.0 Å². The van der Waals surface area contributed by atoms with Crippen molar-refractivity contribution in [3.63, 3.8) is 0 Å². The van der Waals surface area contributed by atoms with E-state index in [1.807, 2.05) is 42.5 Å². The van der Waals surface area contributed by atoms with Crippen LogP contribution < -0.4 is 10.7 Å². The van der Waals surface area contributed by atoms with Crippen LogP contribution in [0.15, 0.2) is 64.5 Å². The zero-order valence-electron chi connectivity index (χ0n) is 13.6. The zero-order chi connectivity index (χ0) is 17.4. The molecule has 0 saturated heterocycles. The molecule has 1 atom stereocenters. The smallest absolute Gasteiger partial charge is 0.274 e. The van der Waals surface area contributed by atoms with Crippen molar-refractivity contribution < 1.29 is 0 Å². The number of anilines is 1. The van der Waals surface area contributed by atoms with Gasteiger partial charge in [-0.05, 0) is 23.3 Å². The molecule has 0 amide bonds.